The van der Waals surface area contributed by atoms with E-state index in [1.165, 1.54) is 21.3 Å². The van der Waals surface area contributed by atoms with Crippen molar-refractivity contribution in [2.24, 2.45) is 0 Å². The van der Waals surface area contributed by atoms with Gasteiger partial charge in [-0.05, 0) is 17.7 Å². The predicted molar refractivity (Wildman–Crippen MR) is 88.5 cm³/mol. The second-order valence-corrected chi connectivity index (χ2v) is 7.06. The van der Waals surface area contributed by atoms with E-state index in [1.54, 1.807) is 24.3 Å². The smallest absolute Gasteiger partial charge is 0.334 e. The van der Waals surface area contributed by atoms with Crippen LogP contribution in [0.15, 0.2) is 24.3 Å². The maximum atomic E-state index is 12.2. The van der Waals surface area contributed by atoms with Gasteiger partial charge in [-0.3, -0.25) is 9.36 Å². The highest BCUT2D eigenvalue weighted by Gasteiger charge is 2.23. The van der Waals surface area contributed by atoms with Gasteiger partial charge in [-0.25, -0.2) is 4.79 Å². The van der Waals surface area contributed by atoms with E-state index in [1.807, 2.05) is 0 Å². The third-order valence-corrected chi connectivity index (χ3v) is 5.13. The lowest BCUT2D eigenvalue weighted by Gasteiger charge is -2.15. The molecule has 0 radical (unpaired) electrons. The topological polar surface area (TPSA) is 90.9 Å². The highest BCUT2D eigenvalue weighted by atomic mass is 31.2. The van der Waals surface area contributed by atoms with Gasteiger partial charge in [0.1, 0.15) is 6.04 Å². The lowest BCUT2D eigenvalue weighted by molar-refractivity contribution is -0.142. The number of amides is 1. The van der Waals surface area contributed by atoms with Crippen molar-refractivity contribution in [1.82, 2.24) is 5.32 Å². The molecule has 1 amide bonds. The minimum Gasteiger partial charge on any atom is -0.467 e. The largest absolute Gasteiger partial charge is 0.467 e. The first-order chi connectivity index (χ1) is 11.4. The second-order valence-electron chi connectivity index (χ2n) is 4.79. The van der Waals surface area contributed by atoms with Gasteiger partial charge in [-0.1, -0.05) is 12.1 Å². The van der Waals surface area contributed by atoms with Crippen molar-refractivity contribution in [2.45, 2.75) is 18.6 Å². The molecule has 130 valence electrons. The number of hydrogen-bond acceptors (Lipinski definition) is 6. The van der Waals surface area contributed by atoms with Crippen molar-refractivity contribution in [3.05, 3.63) is 35.4 Å². The Balaban J connectivity index is 2.81. The van der Waals surface area contributed by atoms with Crippen LogP contribution in [0.2, 0.25) is 0 Å². The van der Waals surface area contributed by atoms with E-state index >= 15 is 0 Å². The molecule has 0 unspecified atom stereocenters. The molecule has 0 saturated heterocycles. The van der Waals surface area contributed by atoms with Crippen molar-refractivity contribution in [1.29, 1.82) is 0 Å². The summed E-state index contributed by atoms with van der Waals surface area (Å²) in [4.78, 5) is 23.7. The van der Waals surface area contributed by atoms with E-state index < -0.39 is 25.5 Å². The number of carbonyl (C=O) groups is 2. The van der Waals surface area contributed by atoms with E-state index in [0.29, 0.717) is 11.1 Å². The van der Waals surface area contributed by atoms with E-state index in [4.69, 9.17) is 15.5 Å². The molecule has 1 aromatic rings. The van der Waals surface area contributed by atoms with E-state index in [0.717, 1.165) is 0 Å². The summed E-state index contributed by atoms with van der Waals surface area (Å²) < 4.78 is 26.4. The SMILES string of the molecule is C#CC[C@@H](NC(=O)c1ccc(CP(=O)(OC)OC)cc1)C(=O)OC. The number of terminal acetylenes is 1. The number of esters is 1. The van der Waals surface area contributed by atoms with E-state index in [2.05, 4.69) is 16.0 Å². The van der Waals surface area contributed by atoms with Crippen LogP contribution in [0.3, 0.4) is 0 Å². The summed E-state index contributed by atoms with van der Waals surface area (Å²) in [5, 5.41) is 2.51. The van der Waals surface area contributed by atoms with E-state index in [-0.39, 0.29) is 12.6 Å². The standard InChI is InChI=1S/C16H20NO6P/c1-5-6-14(16(19)21-2)17-15(18)13-9-7-12(8-10-13)11-24(20,22-3)23-4/h1,7-10,14H,6,11H2,2-4H3,(H,17,18)/t14-/m1/s1. The molecule has 0 bridgehead atoms. The van der Waals surface area contributed by atoms with E-state index in [9.17, 15) is 14.2 Å². The number of nitrogens with one attached hydrogen (secondary N) is 1. The summed E-state index contributed by atoms with van der Waals surface area (Å²) in [5.74, 6) is 1.24. The molecule has 0 aliphatic carbocycles. The quantitative estimate of drug-likeness (QED) is 0.436. The molecule has 1 rings (SSSR count). The lowest BCUT2D eigenvalue weighted by Crippen LogP contribution is -2.41. The molecule has 0 spiro atoms. The molecule has 0 aliphatic heterocycles. The molecule has 1 atom stereocenters. The van der Waals surface area contributed by atoms with Gasteiger partial charge < -0.3 is 19.1 Å². The van der Waals surface area contributed by atoms with Crippen molar-refractivity contribution in [3.8, 4) is 12.3 Å². The number of rotatable bonds is 8. The number of ether oxygens (including phenoxy) is 1. The van der Waals surface area contributed by atoms with Crippen LogP contribution in [0.4, 0.5) is 0 Å². The molecule has 1 N–H and O–H groups in total. The van der Waals surface area contributed by atoms with Gasteiger partial charge in [0, 0.05) is 26.2 Å². The van der Waals surface area contributed by atoms with Gasteiger partial charge in [0.25, 0.3) is 5.91 Å². The molecule has 0 fully saturated rings. The number of carbonyl (C=O) groups excluding carboxylic acids is 2. The Hall–Kier alpha value is -2.13. The van der Waals surface area contributed by atoms with Gasteiger partial charge in [-0.15, -0.1) is 12.3 Å². The molecule has 7 nitrogen and oxygen atoms in total. The Morgan fingerprint density at radius 1 is 1.21 bits per heavy atom. The minimum absolute atomic E-state index is 0.0291. The summed E-state index contributed by atoms with van der Waals surface area (Å²) >= 11 is 0. The van der Waals surface area contributed by atoms with Gasteiger partial charge in [0.2, 0.25) is 0 Å². The first-order valence-corrected chi connectivity index (χ1v) is 8.73. The van der Waals surface area contributed by atoms with Gasteiger partial charge in [0.05, 0.1) is 13.3 Å². The van der Waals surface area contributed by atoms with Gasteiger partial charge in [0.15, 0.2) is 0 Å². The summed E-state index contributed by atoms with van der Waals surface area (Å²) in [6.45, 7) is 0. The van der Waals surface area contributed by atoms with Crippen LogP contribution < -0.4 is 5.32 Å². The van der Waals surface area contributed by atoms with Crippen molar-refractivity contribution in [2.75, 3.05) is 21.3 Å². The highest BCUT2D eigenvalue weighted by Crippen LogP contribution is 2.49. The van der Waals surface area contributed by atoms with Crippen molar-refractivity contribution in [3.63, 3.8) is 0 Å². The molecule has 0 aromatic heterocycles. The van der Waals surface area contributed by atoms with Crippen LogP contribution in [0.1, 0.15) is 22.3 Å². The number of benzene rings is 1. The van der Waals surface area contributed by atoms with Crippen LogP contribution in [-0.2, 0) is 29.3 Å². The molecule has 24 heavy (non-hydrogen) atoms. The first-order valence-electron chi connectivity index (χ1n) is 7.00. The Morgan fingerprint density at radius 2 is 1.79 bits per heavy atom. The van der Waals surface area contributed by atoms with Crippen LogP contribution in [0, 0.1) is 12.3 Å². The lowest BCUT2D eigenvalue weighted by atomic mass is 10.1. The maximum absolute atomic E-state index is 12.2. The third kappa shape index (κ3) is 5.50. The fraction of sp³-hybridized carbons (Fsp3) is 0.375. The Kier molecular flexibility index (Phi) is 7.66. The molecule has 0 aliphatic rings. The van der Waals surface area contributed by atoms with Crippen LogP contribution in [0.25, 0.3) is 0 Å². The zero-order chi connectivity index (χ0) is 18.2. The predicted octanol–water partition coefficient (Wildman–Crippen LogP) is 1.97. The highest BCUT2D eigenvalue weighted by molar-refractivity contribution is 7.52. The molecular weight excluding hydrogens is 333 g/mol. The number of hydrogen-bond donors (Lipinski definition) is 1. The summed E-state index contributed by atoms with van der Waals surface area (Å²) in [5.41, 5.74) is 1.01. The normalized spacial score (nSPS) is 12.1. The van der Waals surface area contributed by atoms with Crippen LogP contribution in [-0.4, -0.2) is 39.2 Å². The monoisotopic (exact) mass is 353 g/mol. The molecule has 1 aromatic carbocycles. The maximum Gasteiger partial charge on any atom is 0.334 e. The molecular formula is C16H20NO6P. The summed E-state index contributed by atoms with van der Waals surface area (Å²) in [6.07, 6.45) is 5.30. The first kappa shape index (κ1) is 19.9. The summed E-state index contributed by atoms with van der Waals surface area (Å²) in [6, 6.07) is 5.45. The summed E-state index contributed by atoms with van der Waals surface area (Å²) in [7, 11) is 0.664. The van der Waals surface area contributed by atoms with Gasteiger partial charge in [-0.2, -0.15) is 0 Å². The fourth-order valence-electron chi connectivity index (χ4n) is 1.88. The average molecular weight is 353 g/mol. The third-order valence-electron chi connectivity index (χ3n) is 3.26. The molecule has 0 heterocycles. The molecule has 0 saturated carbocycles. The average Bonchev–Trinajstić information content (AvgIpc) is 2.61. The van der Waals surface area contributed by atoms with Gasteiger partial charge >= 0.3 is 13.6 Å². The van der Waals surface area contributed by atoms with Crippen LogP contribution in [0.5, 0.6) is 0 Å². The number of methoxy groups -OCH3 is 1. The van der Waals surface area contributed by atoms with Crippen LogP contribution >= 0.6 is 7.60 Å². The van der Waals surface area contributed by atoms with Crippen molar-refractivity contribution >= 4 is 19.5 Å². The Bertz CT molecular complexity index is 656. The minimum atomic E-state index is -3.17. The zero-order valence-corrected chi connectivity index (χ0v) is 14.7. The van der Waals surface area contributed by atoms with Crippen molar-refractivity contribution < 1.29 is 27.9 Å². The zero-order valence-electron chi connectivity index (χ0n) is 13.8. The Morgan fingerprint density at radius 3 is 2.25 bits per heavy atom. The Labute approximate surface area is 141 Å². The fourth-order valence-corrected chi connectivity index (χ4v) is 2.95. The molecule has 8 heteroatoms. The second kappa shape index (κ2) is 9.24.